The van der Waals surface area contributed by atoms with Crippen LogP contribution in [0.5, 0.6) is 5.75 Å². The number of aliphatic hydroxyl groups excluding tert-OH is 1. The lowest BCUT2D eigenvalue weighted by atomic mass is 9.77. The Morgan fingerprint density at radius 1 is 0.679 bits per heavy atom. The van der Waals surface area contributed by atoms with E-state index in [0.29, 0.717) is 5.69 Å². The molecule has 0 fully saturated rings. The number of fused-ring (bicyclic) bond motifs is 3. The van der Waals surface area contributed by atoms with Gasteiger partial charge in [-0.3, -0.25) is 10.1 Å². The Kier molecular flexibility index (Phi) is 13.7. The molecule has 6 aromatic carbocycles. The van der Waals surface area contributed by atoms with Gasteiger partial charge in [-0.2, -0.15) is 0 Å². The molecule has 1 aliphatic rings. The molecule has 1 aliphatic carbocycles. The molecule has 0 aliphatic heterocycles. The Bertz CT molecular complexity index is 2070. The fraction of sp³-hybridized carbons (Fsp3) is 0.208. The molecule has 0 radical (unpaired) electrons. The lowest BCUT2D eigenvalue weighted by Crippen LogP contribution is -2.45. The number of benzene rings is 6. The van der Waals surface area contributed by atoms with Crippen molar-refractivity contribution >= 4 is 17.7 Å². The summed E-state index contributed by atoms with van der Waals surface area (Å²) in [5.74, 6) is 0.486. The van der Waals surface area contributed by atoms with Gasteiger partial charge in [0, 0.05) is 11.6 Å². The number of nitrogens with one attached hydrogen (secondary N) is 3. The summed E-state index contributed by atoms with van der Waals surface area (Å²) in [4.78, 5) is 24.2. The van der Waals surface area contributed by atoms with Crippen LogP contribution in [-0.4, -0.2) is 43.9 Å². The summed E-state index contributed by atoms with van der Waals surface area (Å²) in [6, 6.07) is 52.8. The van der Waals surface area contributed by atoms with Crippen molar-refractivity contribution in [3.05, 3.63) is 191 Å². The van der Waals surface area contributed by atoms with Crippen molar-refractivity contribution in [3.63, 3.8) is 0 Å². The molecule has 7 rings (SSSR count). The molecule has 0 unspecified atom stereocenters. The Morgan fingerprint density at radius 2 is 1.21 bits per heavy atom. The summed E-state index contributed by atoms with van der Waals surface area (Å²) in [6.07, 6.45) is 1.66. The number of anilines is 1. The van der Waals surface area contributed by atoms with Gasteiger partial charge in [0.15, 0.2) is 0 Å². The van der Waals surface area contributed by atoms with Gasteiger partial charge in [0.2, 0.25) is 5.91 Å². The number of amides is 2. The van der Waals surface area contributed by atoms with Crippen molar-refractivity contribution in [2.75, 3.05) is 32.1 Å². The minimum absolute atomic E-state index is 0.0259. The van der Waals surface area contributed by atoms with Gasteiger partial charge in [-0.25, -0.2) is 4.79 Å². The van der Waals surface area contributed by atoms with Crippen LogP contribution in [0.25, 0.3) is 11.1 Å². The van der Waals surface area contributed by atoms with Crippen molar-refractivity contribution in [1.82, 2.24) is 10.6 Å². The van der Waals surface area contributed by atoms with E-state index in [4.69, 9.17) is 14.6 Å². The van der Waals surface area contributed by atoms with Crippen LogP contribution in [0.3, 0.4) is 0 Å². The molecule has 56 heavy (non-hydrogen) atoms. The zero-order valence-corrected chi connectivity index (χ0v) is 31.9. The first-order chi connectivity index (χ1) is 27.5. The number of rotatable bonds is 14. The van der Waals surface area contributed by atoms with Crippen LogP contribution >= 0.6 is 0 Å². The van der Waals surface area contributed by atoms with E-state index in [1.54, 1.807) is 31.4 Å². The molecule has 4 N–H and O–H groups in total. The first-order valence-corrected chi connectivity index (χ1v) is 19.1. The molecule has 0 aromatic heterocycles. The molecule has 0 atom stereocenters. The van der Waals surface area contributed by atoms with Crippen LogP contribution < -0.4 is 20.7 Å². The standard InChI is InChI=1S/C24H22N2O4.C24H27NO/c27-14-16-9-11-17(12-10-16)26-23(28)13-25-24(29)30-15-22-20-7-3-1-5-18(20)19-6-2-4-8-21(19)22;1-3-4-19-25-24(20-11-7-5-8-12-20,21-13-9-6-10-14-21)22-15-17-23(26-2)18-16-22/h1-12,22,27H,13-15H2,(H,25,29)(H,26,28);5-18,25H,3-4,19H2,1-2H3. The van der Waals surface area contributed by atoms with Gasteiger partial charge < -0.3 is 25.2 Å². The summed E-state index contributed by atoms with van der Waals surface area (Å²) in [7, 11) is 1.70. The van der Waals surface area contributed by atoms with E-state index in [1.807, 2.05) is 36.4 Å². The third-order valence-electron chi connectivity index (χ3n) is 10.0. The van der Waals surface area contributed by atoms with Crippen molar-refractivity contribution in [1.29, 1.82) is 0 Å². The van der Waals surface area contributed by atoms with Crippen molar-refractivity contribution in [2.24, 2.45) is 0 Å². The number of aliphatic hydroxyl groups is 1. The fourth-order valence-electron chi connectivity index (χ4n) is 7.18. The van der Waals surface area contributed by atoms with Crippen LogP contribution in [0, 0.1) is 0 Å². The Hall–Kier alpha value is -6.22. The van der Waals surface area contributed by atoms with E-state index < -0.39 is 6.09 Å². The molecular formula is C48H49N3O5. The van der Waals surface area contributed by atoms with Gasteiger partial charge in [0.1, 0.15) is 18.9 Å². The lowest BCUT2D eigenvalue weighted by Gasteiger charge is -2.37. The van der Waals surface area contributed by atoms with Crippen LogP contribution in [0.1, 0.15) is 59.1 Å². The Balaban J connectivity index is 0.000000192. The maximum atomic E-state index is 12.1. The second-order valence-electron chi connectivity index (χ2n) is 13.6. The number of alkyl carbamates (subject to hydrolysis) is 1. The van der Waals surface area contributed by atoms with E-state index in [1.165, 1.54) is 16.7 Å². The van der Waals surface area contributed by atoms with Gasteiger partial charge in [-0.15, -0.1) is 0 Å². The van der Waals surface area contributed by atoms with Crippen molar-refractivity contribution in [2.45, 2.75) is 37.8 Å². The molecule has 8 nitrogen and oxygen atoms in total. The van der Waals surface area contributed by atoms with Gasteiger partial charge >= 0.3 is 6.09 Å². The average Bonchev–Trinajstić information content (AvgIpc) is 3.58. The quantitative estimate of drug-likeness (QED) is 0.0655. The summed E-state index contributed by atoms with van der Waals surface area (Å²) < 4.78 is 10.8. The SMILES string of the molecule is CCCCNC(c1ccccc1)(c1ccccc1)c1ccc(OC)cc1.O=C(CNC(=O)OCC1c2ccccc2-c2ccccc21)Nc1ccc(CO)cc1. The molecule has 8 heteroatoms. The third-order valence-corrected chi connectivity index (χ3v) is 10.0. The van der Waals surface area contributed by atoms with Gasteiger partial charge in [0.25, 0.3) is 0 Å². The van der Waals surface area contributed by atoms with E-state index in [9.17, 15) is 9.59 Å². The number of carbonyl (C=O) groups is 2. The molecular weight excluding hydrogens is 699 g/mol. The minimum Gasteiger partial charge on any atom is -0.497 e. The van der Waals surface area contributed by atoms with Gasteiger partial charge in [0.05, 0.1) is 19.3 Å². The summed E-state index contributed by atoms with van der Waals surface area (Å²) in [5.41, 5.74) is 9.25. The van der Waals surface area contributed by atoms with Gasteiger partial charge in [-0.05, 0) is 81.7 Å². The lowest BCUT2D eigenvalue weighted by molar-refractivity contribution is -0.115. The van der Waals surface area contributed by atoms with Crippen LogP contribution in [0.4, 0.5) is 10.5 Å². The molecule has 6 aromatic rings. The molecule has 0 saturated carbocycles. The molecule has 286 valence electrons. The monoisotopic (exact) mass is 747 g/mol. The van der Waals surface area contributed by atoms with E-state index >= 15 is 0 Å². The fourth-order valence-corrected chi connectivity index (χ4v) is 7.18. The van der Waals surface area contributed by atoms with E-state index in [-0.39, 0.29) is 37.1 Å². The topological polar surface area (TPSA) is 109 Å². The zero-order valence-electron chi connectivity index (χ0n) is 31.9. The minimum atomic E-state index is -0.636. The number of unbranched alkanes of at least 4 members (excludes halogenated alkanes) is 1. The summed E-state index contributed by atoms with van der Waals surface area (Å²) in [6.45, 7) is 3.12. The second-order valence-corrected chi connectivity index (χ2v) is 13.6. The maximum absolute atomic E-state index is 12.1. The molecule has 0 heterocycles. The third kappa shape index (κ3) is 9.34. The second kappa shape index (κ2) is 19.4. The number of hydrogen-bond donors (Lipinski definition) is 4. The Morgan fingerprint density at radius 3 is 1.75 bits per heavy atom. The number of carbonyl (C=O) groups excluding carboxylic acids is 2. The number of hydrogen-bond acceptors (Lipinski definition) is 6. The number of ether oxygens (including phenoxy) is 2. The van der Waals surface area contributed by atoms with Crippen LogP contribution in [0.2, 0.25) is 0 Å². The van der Waals surface area contributed by atoms with Crippen LogP contribution in [-0.2, 0) is 21.7 Å². The maximum Gasteiger partial charge on any atom is 0.407 e. The highest BCUT2D eigenvalue weighted by Crippen LogP contribution is 2.44. The molecule has 0 saturated heterocycles. The average molecular weight is 748 g/mol. The molecule has 2 amide bonds. The van der Waals surface area contributed by atoms with E-state index in [0.717, 1.165) is 53.0 Å². The Labute approximate surface area is 329 Å². The first-order valence-electron chi connectivity index (χ1n) is 19.1. The first kappa shape index (κ1) is 39.5. The number of methoxy groups -OCH3 is 1. The van der Waals surface area contributed by atoms with Gasteiger partial charge in [-0.1, -0.05) is 147 Å². The van der Waals surface area contributed by atoms with Crippen molar-refractivity contribution in [3.8, 4) is 16.9 Å². The highest BCUT2D eigenvalue weighted by molar-refractivity contribution is 5.93. The largest absolute Gasteiger partial charge is 0.497 e. The zero-order chi connectivity index (χ0) is 39.2. The van der Waals surface area contributed by atoms with Crippen LogP contribution in [0.15, 0.2) is 158 Å². The van der Waals surface area contributed by atoms with E-state index in [2.05, 4.69) is 120 Å². The molecule has 0 spiro atoms. The normalized spacial score (nSPS) is 11.7. The predicted molar refractivity (Wildman–Crippen MR) is 223 cm³/mol. The predicted octanol–water partition coefficient (Wildman–Crippen LogP) is 9.03. The summed E-state index contributed by atoms with van der Waals surface area (Å²) in [5, 5.41) is 18.1. The highest BCUT2D eigenvalue weighted by atomic mass is 16.5. The smallest absolute Gasteiger partial charge is 0.407 e. The summed E-state index contributed by atoms with van der Waals surface area (Å²) >= 11 is 0. The highest BCUT2D eigenvalue weighted by Gasteiger charge is 2.35. The van der Waals surface area contributed by atoms with Crippen molar-refractivity contribution < 1.29 is 24.2 Å². The molecule has 0 bridgehead atoms.